The van der Waals surface area contributed by atoms with E-state index in [-0.39, 0.29) is 5.56 Å². The fourth-order valence-electron chi connectivity index (χ4n) is 2.70. The van der Waals surface area contributed by atoms with Crippen molar-refractivity contribution in [1.82, 2.24) is 19.7 Å². The van der Waals surface area contributed by atoms with E-state index in [4.69, 9.17) is 16.1 Å². The maximum atomic E-state index is 12.8. The number of aromatic nitrogens is 4. The van der Waals surface area contributed by atoms with Gasteiger partial charge < -0.3 is 4.52 Å². The summed E-state index contributed by atoms with van der Waals surface area (Å²) in [6.45, 7) is 4.11. The zero-order valence-corrected chi connectivity index (χ0v) is 16.3. The molecule has 0 aliphatic carbocycles. The zero-order chi connectivity index (χ0) is 19.5. The van der Waals surface area contributed by atoms with Gasteiger partial charge in [0, 0.05) is 17.1 Å². The predicted molar refractivity (Wildman–Crippen MR) is 111 cm³/mol. The average molecular weight is 411 g/mol. The van der Waals surface area contributed by atoms with Crippen molar-refractivity contribution in [1.29, 1.82) is 0 Å². The van der Waals surface area contributed by atoms with Crippen LogP contribution in [0, 0.1) is 0 Å². The lowest BCUT2D eigenvalue weighted by atomic mass is 10.2. The summed E-state index contributed by atoms with van der Waals surface area (Å²) in [5.74, 6) is 1.33. The first-order chi connectivity index (χ1) is 13.7. The van der Waals surface area contributed by atoms with Gasteiger partial charge in [0.2, 0.25) is 11.7 Å². The number of rotatable bonds is 6. The molecule has 0 aliphatic rings. The summed E-state index contributed by atoms with van der Waals surface area (Å²) in [6.07, 6.45) is 1.67. The number of hydrogen-bond acceptors (Lipinski definition) is 6. The van der Waals surface area contributed by atoms with E-state index < -0.39 is 0 Å². The molecule has 8 heteroatoms. The van der Waals surface area contributed by atoms with Crippen LogP contribution in [0.15, 0.2) is 75.7 Å². The van der Waals surface area contributed by atoms with Crippen LogP contribution in [-0.2, 0) is 12.3 Å². The molecule has 0 saturated heterocycles. The molecule has 2 aromatic carbocycles. The Kier molecular flexibility index (Phi) is 5.27. The molecule has 2 heterocycles. The molecule has 140 valence electrons. The van der Waals surface area contributed by atoms with E-state index in [9.17, 15) is 4.79 Å². The Morgan fingerprint density at radius 1 is 1.14 bits per heavy atom. The second-order valence-corrected chi connectivity index (χ2v) is 7.30. The van der Waals surface area contributed by atoms with Gasteiger partial charge in [0.1, 0.15) is 0 Å². The third-order valence-electron chi connectivity index (χ3n) is 4.03. The molecule has 0 N–H and O–H groups in total. The van der Waals surface area contributed by atoms with Gasteiger partial charge in [-0.1, -0.05) is 46.7 Å². The number of nitrogens with zero attached hydrogens (tertiary/aromatic N) is 4. The van der Waals surface area contributed by atoms with Crippen molar-refractivity contribution in [2.75, 3.05) is 0 Å². The minimum atomic E-state index is -0.0969. The first-order valence-corrected chi connectivity index (χ1v) is 9.84. The van der Waals surface area contributed by atoms with E-state index in [1.54, 1.807) is 28.8 Å². The van der Waals surface area contributed by atoms with Crippen LogP contribution < -0.4 is 5.56 Å². The van der Waals surface area contributed by atoms with Gasteiger partial charge in [-0.05, 0) is 36.4 Å². The number of para-hydroxylation sites is 1. The largest absolute Gasteiger partial charge is 0.338 e. The lowest BCUT2D eigenvalue weighted by Crippen LogP contribution is -2.22. The van der Waals surface area contributed by atoms with Crippen LogP contribution in [0.2, 0.25) is 5.02 Å². The van der Waals surface area contributed by atoms with E-state index in [0.29, 0.717) is 45.1 Å². The molecule has 6 nitrogen and oxygen atoms in total. The Morgan fingerprint density at radius 2 is 1.93 bits per heavy atom. The zero-order valence-electron chi connectivity index (χ0n) is 14.7. The van der Waals surface area contributed by atoms with Crippen LogP contribution in [0.1, 0.15) is 5.89 Å². The number of hydrogen-bond donors (Lipinski definition) is 0. The van der Waals surface area contributed by atoms with Crippen molar-refractivity contribution >= 4 is 34.3 Å². The molecule has 0 amide bonds. The molecular weight excluding hydrogens is 396 g/mol. The van der Waals surface area contributed by atoms with Crippen LogP contribution >= 0.6 is 23.4 Å². The third kappa shape index (κ3) is 3.72. The van der Waals surface area contributed by atoms with Gasteiger partial charge in [0.25, 0.3) is 5.56 Å². The first kappa shape index (κ1) is 18.5. The van der Waals surface area contributed by atoms with E-state index in [2.05, 4.69) is 21.7 Å². The number of allylic oxidation sites excluding steroid dienone is 1. The summed E-state index contributed by atoms with van der Waals surface area (Å²) in [6, 6.07) is 14.5. The van der Waals surface area contributed by atoms with Gasteiger partial charge >= 0.3 is 0 Å². The Hall–Kier alpha value is -2.90. The van der Waals surface area contributed by atoms with Gasteiger partial charge in [-0.25, -0.2) is 4.98 Å². The van der Waals surface area contributed by atoms with Gasteiger partial charge in [-0.3, -0.25) is 9.36 Å². The van der Waals surface area contributed by atoms with Crippen molar-refractivity contribution in [2.45, 2.75) is 17.5 Å². The summed E-state index contributed by atoms with van der Waals surface area (Å²) >= 11 is 7.27. The highest BCUT2D eigenvalue weighted by Gasteiger charge is 2.14. The Bertz CT molecular complexity index is 1200. The van der Waals surface area contributed by atoms with E-state index in [1.807, 2.05) is 30.3 Å². The van der Waals surface area contributed by atoms with Crippen LogP contribution in [0.5, 0.6) is 0 Å². The predicted octanol–water partition coefficient (Wildman–Crippen LogP) is 4.58. The fourth-order valence-corrected chi connectivity index (χ4v) is 3.68. The third-order valence-corrected chi connectivity index (χ3v) is 5.25. The summed E-state index contributed by atoms with van der Waals surface area (Å²) in [5.41, 5.74) is 1.37. The van der Waals surface area contributed by atoms with E-state index in [0.717, 1.165) is 5.56 Å². The van der Waals surface area contributed by atoms with Gasteiger partial charge in [-0.15, -0.1) is 6.58 Å². The van der Waals surface area contributed by atoms with Crippen LogP contribution in [0.4, 0.5) is 0 Å². The highest BCUT2D eigenvalue weighted by Crippen LogP contribution is 2.24. The van der Waals surface area contributed by atoms with Crippen LogP contribution in [0.25, 0.3) is 22.3 Å². The van der Waals surface area contributed by atoms with Crippen molar-refractivity contribution < 1.29 is 4.52 Å². The normalized spacial score (nSPS) is 11.0. The topological polar surface area (TPSA) is 73.8 Å². The minimum Gasteiger partial charge on any atom is -0.338 e. The molecule has 4 aromatic rings. The fraction of sp³-hybridized carbons (Fsp3) is 0.100. The number of halogens is 1. The molecule has 28 heavy (non-hydrogen) atoms. The standard InChI is InChI=1S/C20H15ClN4O2S/c1-2-11-25-19(26)15-5-3-4-6-16(15)22-20(25)28-12-17-23-18(24-27-17)13-7-9-14(21)10-8-13/h2-10H,1,11-12H2. The number of benzene rings is 2. The molecule has 0 radical (unpaired) electrons. The minimum absolute atomic E-state index is 0.0969. The van der Waals surface area contributed by atoms with E-state index >= 15 is 0 Å². The van der Waals surface area contributed by atoms with Gasteiger partial charge in [0.15, 0.2) is 5.16 Å². The summed E-state index contributed by atoms with van der Waals surface area (Å²) in [7, 11) is 0. The second-order valence-electron chi connectivity index (χ2n) is 5.92. The molecular formula is C20H15ClN4O2S. The second kappa shape index (κ2) is 8.00. The number of thioether (sulfide) groups is 1. The van der Waals surface area contributed by atoms with Crippen molar-refractivity contribution in [3.63, 3.8) is 0 Å². The summed E-state index contributed by atoms with van der Waals surface area (Å²) in [5, 5.41) is 5.81. The van der Waals surface area contributed by atoms with E-state index in [1.165, 1.54) is 11.8 Å². The summed E-state index contributed by atoms with van der Waals surface area (Å²) in [4.78, 5) is 21.8. The lowest BCUT2D eigenvalue weighted by molar-refractivity contribution is 0.391. The first-order valence-electron chi connectivity index (χ1n) is 8.47. The average Bonchev–Trinajstić information content (AvgIpc) is 3.18. The van der Waals surface area contributed by atoms with Gasteiger partial charge in [0.05, 0.1) is 16.7 Å². The maximum absolute atomic E-state index is 12.8. The number of fused-ring (bicyclic) bond motifs is 1. The Labute approximate surface area is 169 Å². The molecule has 2 aromatic heterocycles. The molecule has 0 aliphatic heterocycles. The molecule has 0 unspecified atom stereocenters. The molecule has 4 rings (SSSR count). The molecule has 0 bridgehead atoms. The highest BCUT2D eigenvalue weighted by atomic mass is 35.5. The maximum Gasteiger partial charge on any atom is 0.262 e. The molecule has 0 spiro atoms. The smallest absolute Gasteiger partial charge is 0.262 e. The Balaban J connectivity index is 1.60. The highest BCUT2D eigenvalue weighted by molar-refractivity contribution is 7.98. The van der Waals surface area contributed by atoms with Crippen molar-refractivity contribution in [3.8, 4) is 11.4 Å². The molecule has 0 atom stereocenters. The van der Waals surface area contributed by atoms with Crippen LogP contribution in [0.3, 0.4) is 0 Å². The summed E-state index contributed by atoms with van der Waals surface area (Å²) < 4.78 is 6.93. The Morgan fingerprint density at radius 3 is 2.71 bits per heavy atom. The molecule has 0 saturated carbocycles. The molecule has 0 fully saturated rings. The van der Waals surface area contributed by atoms with Crippen molar-refractivity contribution in [3.05, 3.63) is 82.5 Å². The monoisotopic (exact) mass is 410 g/mol. The van der Waals surface area contributed by atoms with Crippen molar-refractivity contribution in [2.24, 2.45) is 0 Å². The SMILES string of the molecule is C=CCn1c(SCc2nc(-c3ccc(Cl)cc3)no2)nc2ccccc2c1=O. The van der Waals surface area contributed by atoms with Gasteiger partial charge in [-0.2, -0.15) is 4.98 Å². The lowest BCUT2D eigenvalue weighted by Gasteiger charge is -2.10. The quantitative estimate of drug-likeness (QED) is 0.263. The van der Waals surface area contributed by atoms with Crippen LogP contribution in [-0.4, -0.2) is 19.7 Å².